The van der Waals surface area contributed by atoms with Crippen molar-refractivity contribution in [1.29, 1.82) is 0 Å². The van der Waals surface area contributed by atoms with Gasteiger partial charge >= 0.3 is 6.55 Å². The molecule has 3 heterocycles. The van der Waals surface area contributed by atoms with Gasteiger partial charge in [-0.15, -0.1) is 11.3 Å². The summed E-state index contributed by atoms with van der Waals surface area (Å²) in [5.41, 5.74) is 1.46. The number of hydrogen-bond acceptors (Lipinski definition) is 7. The van der Waals surface area contributed by atoms with Crippen LogP contribution in [0.2, 0.25) is 0 Å². The number of hydrogen-bond donors (Lipinski definition) is 1. The predicted molar refractivity (Wildman–Crippen MR) is 137 cm³/mol. The molecule has 0 spiro atoms. The van der Waals surface area contributed by atoms with Crippen LogP contribution in [-0.2, 0) is 34.1 Å². The summed E-state index contributed by atoms with van der Waals surface area (Å²) in [6.07, 6.45) is 1.20. The molecular weight excluding hydrogens is 522 g/mol. The van der Waals surface area contributed by atoms with Crippen LogP contribution in [0.25, 0.3) is 0 Å². The number of benzene rings is 1. The smallest absolute Gasteiger partial charge is 0.302 e. The van der Waals surface area contributed by atoms with Crippen molar-refractivity contribution >= 4 is 32.2 Å². The number of anilines is 1. The van der Waals surface area contributed by atoms with Gasteiger partial charge in [-0.05, 0) is 35.2 Å². The molecule has 0 saturated carbocycles. The van der Waals surface area contributed by atoms with Crippen molar-refractivity contribution in [2.45, 2.75) is 57.8 Å². The van der Waals surface area contributed by atoms with Crippen LogP contribution in [-0.4, -0.2) is 34.5 Å². The highest BCUT2D eigenvalue weighted by Gasteiger charge is 2.36. The van der Waals surface area contributed by atoms with Crippen LogP contribution in [0.4, 0.5) is 13.9 Å². The van der Waals surface area contributed by atoms with Gasteiger partial charge < -0.3 is 5.32 Å². The summed E-state index contributed by atoms with van der Waals surface area (Å²) < 4.78 is 50.1. The Morgan fingerprint density at radius 1 is 1.19 bits per heavy atom. The van der Waals surface area contributed by atoms with Crippen molar-refractivity contribution in [2.24, 2.45) is 5.92 Å². The molecule has 1 aromatic carbocycles. The summed E-state index contributed by atoms with van der Waals surface area (Å²) >= 11 is 1.39. The standard InChI is InChI=1S/C25H28F2N4O4S2/c1-4-37(34,35)18-7-5-16(6-8-18)11-20(32)28-25-29-22-19(36-25)14-30(23(22)15(2)3)13-17-9-10-31(24(26)27)21(33)12-17/h5-10,12,15,23-24H,4,11,13-14H2,1-3H3,(H,28,29,32)/t23-/m0/s1. The molecule has 3 aromatic rings. The van der Waals surface area contributed by atoms with Gasteiger partial charge in [-0.1, -0.05) is 32.9 Å². The van der Waals surface area contributed by atoms with Crippen LogP contribution in [0.3, 0.4) is 0 Å². The molecule has 0 radical (unpaired) electrons. The Kier molecular flexibility index (Phi) is 7.91. The lowest BCUT2D eigenvalue weighted by molar-refractivity contribution is -0.115. The lowest BCUT2D eigenvalue weighted by Gasteiger charge is -2.27. The van der Waals surface area contributed by atoms with Gasteiger partial charge in [0.05, 0.1) is 28.8 Å². The molecule has 37 heavy (non-hydrogen) atoms. The summed E-state index contributed by atoms with van der Waals surface area (Å²) in [4.78, 5) is 32.7. The maximum absolute atomic E-state index is 12.9. The van der Waals surface area contributed by atoms with Gasteiger partial charge in [0.2, 0.25) is 5.91 Å². The van der Waals surface area contributed by atoms with E-state index in [1.54, 1.807) is 19.1 Å². The average Bonchev–Trinajstić information content (AvgIpc) is 3.35. The van der Waals surface area contributed by atoms with Gasteiger partial charge in [0, 0.05) is 30.2 Å². The number of halogens is 2. The summed E-state index contributed by atoms with van der Waals surface area (Å²) in [5, 5.41) is 3.33. The first-order valence-corrected chi connectivity index (χ1v) is 14.3. The van der Waals surface area contributed by atoms with Gasteiger partial charge in [0.15, 0.2) is 15.0 Å². The molecule has 198 valence electrons. The highest BCUT2D eigenvalue weighted by atomic mass is 32.2. The Hall–Kier alpha value is -2.96. The number of rotatable bonds is 9. The molecule has 0 aliphatic carbocycles. The summed E-state index contributed by atoms with van der Waals surface area (Å²) in [6.45, 7) is 3.80. The monoisotopic (exact) mass is 550 g/mol. The maximum Gasteiger partial charge on any atom is 0.321 e. The number of alkyl halides is 2. The summed E-state index contributed by atoms with van der Waals surface area (Å²) in [7, 11) is -3.29. The molecule has 0 fully saturated rings. The molecule has 4 rings (SSSR count). The topological polar surface area (TPSA) is 101 Å². The van der Waals surface area contributed by atoms with Crippen molar-refractivity contribution < 1.29 is 22.0 Å². The van der Waals surface area contributed by atoms with E-state index in [9.17, 15) is 26.8 Å². The Balaban J connectivity index is 1.43. The third-order valence-electron chi connectivity index (χ3n) is 6.26. The zero-order chi connectivity index (χ0) is 26.9. The number of carbonyl (C=O) groups is 1. The first-order chi connectivity index (χ1) is 17.5. The summed E-state index contributed by atoms with van der Waals surface area (Å²) in [5.74, 6) is -0.0533. The van der Waals surface area contributed by atoms with Crippen molar-refractivity contribution in [2.75, 3.05) is 11.1 Å². The Morgan fingerprint density at radius 2 is 1.89 bits per heavy atom. The van der Waals surface area contributed by atoms with E-state index in [1.807, 2.05) is 0 Å². The van der Waals surface area contributed by atoms with Crippen molar-refractivity contribution in [1.82, 2.24) is 14.5 Å². The number of sulfone groups is 1. The minimum absolute atomic E-state index is 0.0140. The fraction of sp³-hybridized carbons (Fsp3) is 0.400. The average molecular weight is 551 g/mol. The van der Waals surface area contributed by atoms with E-state index in [4.69, 9.17) is 0 Å². The second kappa shape index (κ2) is 10.8. The maximum atomic E-state index is 12.9. The van der Waals surface area contributed by atoms with Gasteiger partial charge in [-0.2, -0.15) is 8.78 Å². The fourth-order valence-corrected chi connectivity index (χ4v) is 6.39. The van der Waals surface area contributed by atoms with Crippen LogP contribution in [0.1, 0.15) is 55.1 Å². The molecule has 0 unspecified atom stereocenters. The molecule has 1 amide bonds. The van der Waals surface area contributed by atoms with Crippen molar-refractivity contribution in [3.8, 4) is 0 Å². The third-order valence-corrected chi connectivity index (χ3v) is 8.98. The van der Waals surface area contributed by atoms with Gasteiger partial charge in [-0.3, -0.25) is 19.1 Å². The van der Waals surface area contributed by atoms with Crippen LogP contribution in [0.5, 0.6) is 0 Å². The molecule has 12 heteroatoms. The number of amides is 1. The highest BCUT2D eigenvalue weighted by Crippen LogP contribution is 2.43. The van der Waals surface area contributed by atoms with Gasteiger partial charge in [0.1, 0.15) is 0 Å². The number of aromatic nitrogens is 2. The minimum atomic E-state index is -3.29. The Labute approximate surface area is 217 Å². The normalized spacial score (nSPS) is 15.9. The zero-order valence-electron chi connectivity index (χ0n) is 20.6. The number of carbonyl (C=O) groups excluding carboxylic acids is 1. The second-order valence-electron chi connectivity index (χ2n) is 9.25. The molecule has 1 aliphatic heterocycles. The van der Waals surface area contributed by atoms with Crippen molar-refractivity contribution in [3.63, 3.8) is 0 Å². The van der Waals surface area contributed by atoms with Gasteiger partial charge in [0.25, 0.3) is 5.56 Å². The van der Waals surface area contributed by atoms with Crippen molar-refractivity contribution in [3.05, 3.63) is 74.6 Å². The number of fused-ring (bicyclic) bond motifs is 1. The fourth-order valence-electron chi connectivity index (χ4n) is 4.46. The molecule has 0 bridgehead atoms. The van der Waals surface area contributed by atoms with Crippen LogP contribution in [0.15, 0.2) is 52.3 Å². The molecule has 1 atom stereocenters. The number of nitrogens with zero attached hydrogens (tertiary/aromatic N) is 3. The highest BCUT2D eigenvalue weighted by molar-refractivity contribution is 7.91. The molecule has 2 aromatic heterocycles. The lowest BCUT2D eigenvalue weighted by atomic mass is 10.0. The van der Waals surface area contributed by atoms with Gasteiger partial charge in [-0.25, -0.2) is 13.4 Å². The van der Waals surface area contributed by atoms with E-state index in [-0.39, 0.29) is 34.9 Å². The Morgan fingerprint density at radius 3 is 2.49 bits per heavy atom. The number of thiazole rings is 1. The van der Waals surface area contributed by atoms with E-state index < -0.39 is 21.9 Å². The quantitative estimate of drug-likeness (QED) is 0.424. The van der Waals surface area contributed by atoms with Crippen LogP contribution >= 0.6 is 11.3 Å². The number of nitrogens with one attached hydrogen (secondary N) is 1. The van der Waals surface area contributed by atoms with Crippen LogP contribution in [0, 0.1) is 5.92 Å². The lowest BCUT2D eigenvalue weighted by Crippen LogP contribution is -2.27. The molecule has 0 saturated heterocycles. The Bertz CT molecular complexity index is 1450. The molecule has 1 aliphatic rings. The SMILES string of the molecule is CCS(=O)(=O)c1ccc(CC(=O)Nc2nc3c(s2)CN(Cc2ccn(C(F)F)c(=O)c2)[C@H]3C(C)C)cc1. The van der Waals surface area contributed by atoms with E-state index >= 15 is 0 Å². The van der Waals surface area contributed by atoms with E-state index in [1.165, 1.54) is 35.6 Å². The number of pyridine rings is 1. The zero-order valence-corrected chi connectivity index (χ0v) is 22.3. The first kappa shape index (κ1) is 27.1. The van der Waals surface area contributed by atoms with E-state index in [0.29, 0.717) is 33.9 Å². The van der Waals surface area contributed by atoms with E-state index in [0.717, 1.165) is 16.8 Å². The first-order valence-electron chi connectivity index (χ1n) is 11.8. The second-order valence-corrected chi connectivity index (χ2v) is 12.6. The molecule has 8 nitrogen and oxygen atoms in total. The summed E-state index contributed by atoms with van der Waals surface area (Å²) in [6, 6.07) is 9.00. The van der Waals surface area contributed by atoms with Crippen LogP contribution < -0.4 is 10.9 Å². The van der Waals surface area contributed by atoms with E-state index in [2.05, 4.69) is 29.0 Å². The predicted octanol–water partition coefficient (Wildman–Crippen LogP) is 4.39. The minimum Gasteiger partial charge on any atom is -0.302 e. The largest absolute Gasteiger partial charge is 0.321 e. The third kappa shape index (κ3) is 5.97. The molecular formula is C25H28F2N4O4S2. The molecule has 1 N–H and O–H groups in total.